The van der Waals surface area contributed by atoms with Crippen molar-refractivity contribution in [1.29, 1.82) is 0 Å². The third-order valence-electron chi connectivity index (χ3n) is 4.61. The number of non-ortho nitro benzene ring substituents is 1. The van der Waals surface area contributed by atoms with E-state index in [9.17, 15) is 14.9 Å². The summed E-state index contributed by atoms with van der Waals surface area (Å²) in [5.41, 5.74) is 3.54. The van der Waals surface area contributed by atoms with Gasteiger partial charge in [-0.2, -0.15) is 5.10 Å². The number of nitro groups is 1. The average Bonchev–Trinajstić information content (AvgIpc) is 2.98. The molecule has 1 aliphatic rings. The molecule has 0 spiro atoms. The molecule has 2 heterocycles. The van der Waals surface area contributed by atoms with E-state index in [0.717, 1.165) is 16.8 Å². The van der Waals surface area contributed by atoms with Crippen molar-refractivity contribution in [1.82, 2.24) is 9.78 Å². The lowest BCUT2D eigenvalue weighted by molar-refractivity contribution is -0.384. The van der Waals surface area contributed by atoms with Crippen LogP contribution >= 0.6 is 0 Å². The molecule has 1 atom stereocenters. The summed E-state index contributed by atoms with van der Waals surface area (Å²) in [6, 6.07) is 16.0. The van der Waals surface area contributed by atoms with E-state index in [0.29, 0.717) is 17.9 Å². The van der Waals surface area contributed by atoms with Gasteiger partial charge >= 0.3 is 0 Å². The van der Waals surface area contributed by atoms with Gasteiger partial charge in [-0.25, -0.2) is 4.68 Å². The van der Waals surface area contributed by atoms with E-state index < -0.39 is 4.92 Å². The van der Waals surface area contributed by atoms with Crippen LogP contribution in [0.25, 0.3) is 5.69 Å². The molecule has 1 unspecified atom stereocenters. The number of anilines is 1. The zero-order valence-corrected chi connectivity index (χ0v) is 14.0. The fourth-order valence-corrected chi connectivity index (χ4v) is 3.42. The second-order valence-electron chi connectivity index (χ2n) is 6.25. The number of rotatable bonds is 3. The maximum Gasteiger partial charge on any atom is 0.269 e. The van der Waals surface area contributed by atoms with Gasteiger partial charge < -0.3 is 5.32 Å². The number of carbonyl (C=O) groups excluding carboxylic acids is 1. The molecule has 0 radical (unpaired) electrons. The zero-order chi connectivity index (χ0) is 18.3. The summed E-state index contributed by atoms with van der Waals surface area (Å²) in [6.07, 6.45) is 0.365. The van der Waals surface area contributed by atoms with Crippen LogP contribution < -0.4 is 5.32 Å². The minimum atomic E-state index is -0.444. The summed E-state index contributed by atoms with van der Waals surface area (Å²) < 4.78 is 1.64. The number of nitrogens with zero attached hydrogens (tertiary/aromatic N) is 3. The molecular formula is C19H16N4O3. The van der Waals surface area contributed by atoms with E-state index in [1.807, 2.05) is 37.3 Å². The molecule has 7 nitrogen and oxygen atoms in total. The van der Waals surface area contributed by atoms with Gasteiger partial charge in [0, 0.05) is 30.0 Å². The highest BCUT2D eigenvalue weighted by atomic mass is 16.6. The predicted octanol–water partition coefficient (Wildman–Crippen LogP) is 3.56. The van der Waals surface area contributed by atoms with Gasteiger partial charge in [0.15, 0.2) is 0 Å². The number of aryl methyl sites for hydroxylation is 1. The summed E-state index contributed by atoms with van der Waals surface area (Å²) in [5.74, 6) is 0.489. The molecule has 0 fully saturated rings. The Hall–Kier alpha value is -3.48. The molecule has 0 saturated heterocycles. The van der Waals surface area contributed by atoms with Gasteiger partial charge in [0.1, 0.15) is 5.82 Å². The van der Waals surface area contributed by atoms with Crippen molar-refractivity contribution < 1.29 is 9.72 Å². The molecule has 1 aliphatic heterocycles. The first kappa shape index (κ1) is 16.0. The van der Waals surface area contributed by atoms with Crippen molar-refractivity contribution in [3.63, 3.8) is 0 Å². The fourth-order valence-electron chi connectivity index (χ4n) is 3.42. The Labute approximate surface area is 149 Å². The van der Waals surface area contributed by atoms with Gasteiger partial charge in [-0.15, -0.1) is 0 Å². The Morgan fingerprint density at radius 1 is 1.15 bits per heavy atom. The van der Waals surface area contributed by atoms with E-state index in [1.54, 1.807) is 16.8 Å². The van der Waals surface area contributed by atoms with Crippen molar-refractivity contribution in [2.45, 2.75) is 19.3 Å². The van der Waals surface area contributed by atoms with Gasteiger partial charge in [0.25, 0.3) is 5.69 Å². The first-order chi connectivity index (χ1) is 12.5. The van der Waals surface area contributed by atoms with Crippen molar-refractivity contribution in [3.8, 4) is 5.69 Å². The Kier molecular flexibility index (Phi) is 3.76. The SMILES string of the molecule is Cc1nn(-c2ccc([N+](=O)[O-])cc2)c2c1C(c1ccccc1)CC(=O)N2. The third-order valence-corrected chi connectivity index (χ3v) is 4.61. The van der Waals surface area contributed by atoms with Gasteiger partial charge in [-0.1, -0.05) is 30.3 Å². The molecule has 130 valence electrons. The number of amides is 1. The summed E-state index contributed by atoms with van der Waals surface area (Å²) in [6.45, 7) is 1.91. The molecular weight excluding hydrogens is 332 g/mol. The smallest absolute Gasteiger partial charge is 0.269 e. The van der Waals surface area contributed by atoms with Crippen LogP contribution in [0.1, 0.15) is 29.2 Å². The van der Waals surface area contributed by atoms with Gasteiger partial charge in [-0.05, 0) is 24.6 Å². The van der Waals surface area contributed by atoms with Crippen LogP contribution in [-0.2, 0) is 4.79 Å². The van der Waals surface area contributed by atoms with Crippen LogP contribution in [0.15, 0.2) is 54.6 Å². The highest BCUT2D eigenvalue weighted by molar-refractivity contribution is 5.95. The topological polar surface area (TPSA) is 90.1 Å². The van der Waals surface area contributed by atoms with Gasteiger partial charge in [0.2, 0.25) is 5.91 Å². The Balaban J connectivity index is 1.83. The van der Waals surface area contributed by atoms with E-state index in [-0.39, 0.29) is 17.5 Å². The molecule has 0 aliphatic carbocycles. The average molecular weight is 348 g/mol. The van der Waals surface area contributed by atoms with E-state index in [1.165, 1.54) is 12.1 Å². The van der Waals surface area contributed by atoms with Crippen molar-refractivity contribution >= 4 is 17.4 Å². The standard InChI is InChI=1S/C19H16N4O3/c1-12-18-16(13-5-3-2-4-6-13)11-17(24)20-19(18)22(21-12)14-7-9-15(10-8-14)23(25)26/h2-10,16H,11H2,1H3,(H,20,24). The van der Waals surface area contributed by atoms with E-state index in [4.69, 9.17) is 0 Å². The van der Waals surface area contributed by atoms with Crippen LogP contribution in [-0.4, -0.2) is 20.6 Å². The number of carbonyl (C=O) groups is 1. The van der Waals surface area contributed by atoms with Crippen molar-refractivity contribution in [2.75, 3.05) is 5.32 Å². The highest BCUT2D eigenvalue weighted by Crippen LogP contribution is 2.40. The predicted molar refractivity (Wildman–Crippen MR) is 96.5 cm³/mol. The number of hydrogen-bond donors (Lipinski definition) is 1. The van der Waals surface area contributed by atoms with Crippen LogP contribution in [0.2, 0.25) is 0 Å². The Morgan fingerprint density at radius 2 is 1.85 bits per heavy atom. The number of hydrogen-bond acceptors (Lipinski definition) is 4. The van der Waals surface area contributed by atoms with Gasteiger partial charge in [-0.3, -0.25) is 14.9 Å². The third kappa shape index (κ3) is 2.63. The number of nitro benzene ring substituents is 1. The number of nitrogens with one attached hydrogen (secondary N) is 1. The first-order valence-corrected chi connectivity index (χ1v) is 8.23. The number of benzene rings is 2. The monoisotopic (exact) mass is 348 g/mol. The minimum Gasteiger partial charge on any atom is -0.310 e. The van der Waals surface area contributed by atoms with E-state index >= 15 is 0 Å². The molecule has 1 N–H and O–H groups in total. The molecule has 2 aromatic carbocycles. The molecule has 4 rings (SSSR count). The molecule has 26 heavy (non-hydrogen) atoms. The Morgan fingerprint density at radius 3 is 2.50 bits per heavy atom. The van der Waals surface area contributed by atoms with Crippen LogP contribution in [0.5, 0.6) is 0 Å². The maximum absolute atomic E-state index is 12.3. The molecule has 1 aromatic heterocycles. The molecule has 0 saturated carbocycles. The second-order valence-corrected chi connectivity index (χ2v) is 6.25. The lowest BCUT2D eigenvalue weighted by Crippen LogP contribution is -2.24. The van der Waals surface area contributed by atoms with Crippen molar-refractivity contribution in [2.24, 2.45) is 0 Å². The first-order valence-electron chi connectivity index (χ1n) is 8.23. The summed E-state index contributed by atoms with van der Waals surface area (Å²) in [7, 11) is 0. The largest absolute Gasteiger partial charge is 0.310 e. The van der Waals surface area contributed by atoms with Crippen LogP contribution in [0.4, 0.5) is 11.5 Å². The summed E-state index contributed by atoms with van der Waals surface area (Å²) in [4.78, 5) is 22.7. The lowest BCUT2D eigenvalue weighted by Gasteiger charge is -2.24. The maximum atomic E-state index is 12.3. The molecule has 3 aromatic rings. The second kappa shape index (κ2) is 6.11. The zero-order valence-electron chi connectivity index (χ0n) is 14.0. The summed E-state index contributed by atoms with van der Waals surface area (Å²) >= 11 is 0. The summed E-state index contributed by atoms with van der Waals surface area (Å²) in [5, 5.41) is 18.3. The van der Waals surface area contributed by atoms with E-state index in [2.05, 4.69) is 10.4 Å². The molecule has 1 amide bonds. The minimum absolute atomic E-state index is 0.0118. The fraction of sp³-hybridized carbons (Fsp3) is 0.158. The van der Waals surface area contributed by atoms with Gasteiger partial charge in [0.05, 0.1) is 16.3 Å². The highest BCUT2D eigenvalue weighted by Gasteiger charge is 2.32. The molecule has 7 heteroatoms. The van der Waals surface area contributed by atoms with Crippen molar-refractivity contribution in [3.05, 3.63) is 81.5 Å². The normalized spacial score (nSPS) is 16.0. The molecule has 0 bridgehead atoms. The Bertz CT molecular complexity index is 994. The lowest BCUT2D eigenvalue weighted by atomic mass is 9.86. The van der Waals surface area contributed by atoms with Crippen LogP contribution in [0.3, 0.4) is 0 Å². The quantitative estimate of drug-likeness (QED) is 0.579. The van der Waals surface area contributed by atoms with Crippen LogP contribution in [0, 0.1) is 17.0 Å². The number of fused-ring (bicyclic) bond motifs is 1. The number of aromatic nitrogens is 2.